The minimum Gasteiger partial charge on any atom is -0.480 e. The molecule has 0 unspecified atom stereocenters. The van der Waals surface area contributed by atoms with Crippen molar-refractivity contribution in [3.8, 4) is 0 Å². The average Bonchev–Trinajstić information content (AvgIpc) is 2.37. The fourth-order valence-electron chi connectivity index (χ4n) is 1.29. The van der Waals surface area contributed by atoms with Crippen molar-refractivity contribution in [2.24, 2.45) is 0 Å². The molecule has 0 bridgehead atoms. The summed E-state index contributed by atoms with van der Waals surface area (Å²) < 4.78 is 4.86. The number of hydrogen-bond acceptors (Lipinski definition) is 4. The first kappa shape index (κ1) is 14.0. The third-order valence-electron chi connectivity index (χ3n) is 2.22. The number of carboxylic acids is 1. The van der Waals surface area contributed by atoms with Crippen LogP contribution in [0.4, 0.5) is 4.79 Å². The van der Waals surface area contributed by atoms with Crippen LogP contribution >= 0.6 is 0 Å². The Morgan fingerprint density at radius 2 is 1.94 bits per heavy atom. The van der Waals surface area contributed by atoms with Crippen molar-refractivity contribution in [3.05, 3.63) is 35.9 Å². The molecule has 6 heteroatoms. The number of hydrogen-bond donors (Lipinski definition) is 3. The van der Waals surface area contributed by atoms with Gasteiger partial charge in [0.2, 0.25) is 0 Å². The van der Waals surface area contributed by atoms with Crippen molar-refractivity contribution >= 4 is 12.1 Å². The second kappa shape index (κ2) is 7.29. The van der Waals surface area contributed by atoms with Gasteiger partial charge in [0.25, 0.3) is 0 Å². The number of ether oxygens (including phenoxy) is 1. The molecule has 0 radical (unpaired) electrons. The van der Waals surface area contributed by atoms with Crippen LogP contribution < -0.4 is 5.32 Å². The number of aliphatic hydroxyl groups excluding tert-OH is 1. The zero-order valence-electron chi connectivity index (χ0n) is 9.70. The molecule has 3 N–H and O–H groups in total. The zero-order chi connectivity index (χ0) is 13.4. The Kier molecular flexibility index (Phi) is 5.66. The van der Waals surface area contributed by atoms with Crippen molar-refractivity contribution < 1.29 is 24.5 Å². The summed E-state index contributed by atoms with van der Waals surface area (Å²) in [6.45, 7) is -0.256. The minimum atomic E-state index is -1.21. The number of aliphatic hydroxyl groups is 1. The van der Waals surface area contributed by atoms with E-state index in [1.807, 2.05) is 18.2 Å². The lowest BCUT2D eigenvalue weighted by Crippen LogP contribution is -2.41. The van der Waals surface area contributed by atoms with E-state index in [2.05, 4.69) is 5.32 Å². The van der Waals surface area contributed by atoms with Gasteiger partial charge < -0.3 is 20.3 Å². The van der Waals surface area contributed by atoms with E-state index in [4.69, 9.17) is 14.9 Å². The third-order valence-corrected chi connectivity index (χ3v) is 2.22. The van der Waals surface area contributed by atoms with Gasteiger partial charge in [-0.15, -0.1) is 0 Å². The summed E-state index contributed by atoms with van der Waals surface area (Å²) in [6.07, 6.45) is -0.879. The summed E-state index contributed by atoms with van der Waals surface area (Å²) in [6, 6.07) is 7.89. The van der Waals surface area contributed by atoms with Gasteiger partial charge in [-0.2, -0.15) is 0 Å². The highest BCUT2D eigenvalue weighted by atomic mass is 16.5. The quantitative estimate of drug-likeness (QED) is 0.695. The van der Waals surface area contributed by atoms with E-state index in [1.54, 1.807) is 12.1 Å². The van der Waals surface area contributed by atoms with E-state index in [1.165, 1.54) is 0 Å². The Labute approximate surface area is 104 Å². The molecule has 1 atom stereocenters. The summed E-state index contributed by atoms with van der Waals surface area (Å²) in [5, 5.41) is 19.6. The lowest BCUT2D eigenvalue weighted by molar-refractivity contribution is -0.139. The molecule has 18 heavy (non-hydrogen) atoms. The van der Waals surface area contributed by atoms with E-state index in [9.17, 15) is 9.59 Å². The fraction of sp³-hybridized carbons (Fsp3) is 0.333. The van der Waals surface area contributed by atoms with Gasteiger partial charge in [-0.25, -0.2) is 9.59 Å². The molecular formula is C12H15NO5. The minimum absolute atomic E-state index is 0.0598. The Morgan fingerprint density at radius 3 is 2.50 bits per heavy atom. The van der Waals surface area contributed by atoms with E-state index < -0.39 is 18.1 Å². The van der Waals surface area contributed by atoms with Gasteiger partial charge in [0.15, 0.2) is 0 Å². The number of nitrogens with one attached hydrogen (secondary N) is 1. The molecule has 0 aliphatic heterocycles. The number of aliphatic carboxylic acids is 1. The zero-order valence-corrected chi connectivity index (χ0v) is 9.70. The molecule has 0 fully saturated rings. The predicted molar refractivity (Wildman–Crippen MR) is 62.9 cm³/mol. The normalized spacial score (nSPS) is 11.6. The highest BCUT2D eigenvalue weighted by Crippen LogP contribution is 2.01. The van der Waals surface area contributed by atoms with Crippen LogP contribution in [0.3, 0.4) is 0 Å². The van der Waals surface area contributed by atoms with Gasteiger partial charge >= 0.3 is 12.1 Å². The van der Waals surface area contributed by atoms with Crippen molar-refractivity contribution in [3.63, 3.8) is 0 Å². The number of benzene rings is 1. The number of carbonyl (C=O) groups is 2. The van der Waals surface area contributed by atoms with Gasteiger partial charge in [-0.3, -0.25) is 0 Å². The Hall–Kier alpha value is -2.08. The van der Waals surface area contributed by atoms with E-state index in [0.29, 0.717) is 0 Å². The number of alkyl carbamates (subject to hydrolysis) is 1. The first-order chi connectivity index (χ1) is 8.63. The summed E-state index contributed by atoms with van der Waals surface area (Å²) >= 11 is 0. The summed E-state index contributed by atoms with van der Waals surface area (Å²) in [4.78, 5) is 22.0. The van der Waals surface area contributed by atoms with Crippen LogP contribution in [-0.2, 0) is 16.1 Å². The van der Waals surface area contributed by atoms with E-state index in [0.717, 1.165) is 5.56 Å². The van der Waals surface area contributed by atoms with Gasteiger partial charge in [0.1, 0.15) is 12.6 Å². The van der Waals surface area contributed by atoms with Crippen LogP contribution in [-0.4, -0.2) is 34.9 Å². The highest BCUT2D eigenvalue weighted by Gasteiger charge is 2.19. The molecule has 0 aromatic heterocycles. The summed E-state index contributed by atoms with van der Waals surface area (Å²) in [7, 11) is 0. The largest absolute Gasteiger partial charge is 0.480 e. The molecule has 0 heterocycles. The van der Waals surface area contributed by atoms with E-state index in [-0.39, 0.29) is 19.6 Å². The van der Waals surface area contributed by atoms with Gasteiger partial charge in [0, 0.05) is 13.0 Å². The molecule has 1 aromatic rings. The Bertz CT molecular complexity index is 393. The molecule has 98 valence electrons. The predicted octanol–water partition coefficient (Wildman–Crippen LogP) is 0.748. The summed E-state index contributed by atoms with van der Waals surface area (Å²) in [5.74, 6) is -1.21. The second-order valence-electron chi connectivity index (χ2n) is 3.61. The smallest absolute Gasteiger partial charge is 0.408 e. The maximum absolute atomic E-state index is 11.3. The first-order valence-corrected chi connectivity index (χ1v) is 5.44. The fourth-order valence-corrected chi connectivity index (χ4v) is 1.29. The van der Waals surface area contributed by atoms with Crippen LogP contribution in [0.25, 0.3) is 0 Å². The van der Waals surface area contributed by atoms with Crippen molar-refractivity contribution in [1.29, 1.82) is 0 Å². The number of carbonyl (C=O) groups excluding carboxylic acids is 1. The van der Waals surface area contributed by atoms with Crippen molar-refractivity contribution in [2.75, 3.05) is 6.61 Å². The van der Waals surface area contributed by atoms with Gasteiger partial charge in [-0.1, -0.05) is 30.3 Å². The van der Waals surface area contributed by atoms with Crippen molar-refractivity contribution in [1.82, 2.24) is 5.32 Å². The van der Waals surface area contributed by atoms with Crippen molar-refractivity contribution in [2.45, 2.75) is 19.1 Å². The molecule has 1 rings (SSSR count). The van der Waals surface area contributed by atoms with Crippen LogP contribution in [0, 0.1) is 0 Å². The van der Waals surface area contributed by atoms with Gasteiger partial charge in [-0.05, 0) is 5.56 Å². The molecule has 1 aromatic carbocycles. The molecule has 0 saturated carbocycles. The topological polar surface area (TPSA) is 95.9 Å². The number of amides is 1. The van der Waals surface area contributed by atoms with E-state index >= 15 is 0 Å². The second-order valence-corrected chi connectivity index (χ2v) is 3.61. The molecule has 0 saturated heterocycles. The highest BCUT2D eigenvalue weighted by molar-refractivity contribution is 5.79. The van der Waals surface area contributed by atoms with Crippen LogP contribution in [0.1, 0.15) is 12.0 Å². The van der Waals surface area contributed by atoms with Gasteiger partial charge in [0.05, 0.1) is 0 Å². The molecule has 0 aliphatic rings. The molecule has 0 spiro atoms. The Balaban J connectivity index is 2.39. The number of rotatable bonds is 6. The maximum atomic E-state index is 11.3. The molecule has 0 aliphatic carbocycles. The standard InChI is InChI=1S/C12H15NO5/c14-7-6-10(11(15)16)13-12(17)18-8-9-4-2-1-3-5-9/h1-5,10,14H,6-8H2,(H,13,17)(H,15,16)/t10-/m1/s1. The molecule has 6 nitrogen and oxygen atoms in total. The Morgan fingerprint density at radius 1 is 1.28 bits per heavy atom. The molecule has 1 amide bonds. The average molecular weight is 253 g/mol. The van der Waals surface area contributed by atoms with Crippen LogP contribution in [0.5, 0.6) is 0 Å². The molecular weight excluding hydrogens is 238 g/mol. The monoisotopic (exact) mass is 253 g/mol. The summed E-state index contributed by atoms with van der Waals surface area (Å²) in [5.41, 5.74) is 0.807. The van der Waals surface area contributed by atoms with Crippen LogP contribution in [0.2, 0.25) is 0 Å². The SMILES string of the molecule is O=C(N[C@H](CCO)C(=O)O)OCc1ccccc1. The lowest BCUT2D eigenvalue weighted by atomic mass is 10.2. The number of carboxylic acid groups (broad SMARTS) is 1. The first-order valence-electron chi connectivity index (χ1n) is 5.44. The van der Waals surface area contributed by atoms with Crippen LogP contribution in [0.15, 0.2) is 30.3 Å². The maximum Gasteiger partial charge on any atom is 0.408 e. The lowest BCUT2D eigenvalue weighted by Gasteiger charge is -2.13. The third kappa shape index (κ3) is 4.84.